The van der Waals surface area contributed by atoms with E-state index in [1.807, 2.05) is 6.07 Å². The second-order valence-electron chi connectivity index (χ2n) is 7.57. The number of amides is 1. The van der Waals surface area contributed by atoms with Crippen LogP contribution in [0.15, 0.2) is 18.2 Å². The van der Waals surface area contributed by atoms with Gasteiger partial charge >= 0.3 is 0 Å². The summed E-state index contributed by atoms with van der Waals surface area (Å²) in [6.07, 6.45) is 5.26. The van der Waals surface area contributed by atoms with Crippen molar-refractivity contribution in [1.29, 1.82) is 0 Å². The van der Waals surface area contributed by atoms with E-state index < -0.39 is 0 Å². The van der Waals surface area contributed by atoms with Gasteiger partial charge in [-0.05, 0) is 75.2 Å². The van der Waals surface area contributed by atoms with E-state index in [0.29, 0.717) is 12.3 Å². The standard InChI is InChI=1S/C20H30ClN3O.2ClH/c1-15-2-4-18(21)12-19(15)24-11-8-17(14-24)13-23-20(25)5-3-16-6-9-22-10-7-16;;/h2,4,12,16-17,22H,3,5-11,13-14H2,1H3,(H,23,25);2*1H. The SMILES string of the molecule is Cc1ccc(Cl)cc1N1CCC(CNC(=O)CCC2CCNCC2)C1.Cl.Cl. The number of anilines is 1. The van der Waals surface area contributed by atoms with Gasteiger partial charge in [0.05, 0.1) is 0 Å². The van der Waals surface area contributed by atoms with Crippen molar-refractivity contribution in [3.63, 3.8) is 0 Å². The summed E-state index contributed by atoms with van der Waals surface area (Å²) in [6, 6.07) is 6.07. The highest BCUT2D eigenvalue weighted by Gasteiger charge is 2.24. The molecule has 3 rings (SSSR count). The van der Waals surface area contributed by atoms with Gasteiger partial charge in [0.15, 0.2) is 0 Å². The van der Waals surface area contributed by atoms with Gasteiger partial charge in [0.25, 0.3) is 0 Å². The minimum atomic E-state index is 0. The maximum Gasteiger partial charge on any atom is 0.220 e. The summed E-state index contributed by atoms with van der Waals surface area (Å²) < 4.78 is 0. The van der Waals surface area contributed by atoms with Gasteiger partial charge in [0, 0.05) is 36.8 Å². The first kappa shape index (κ1) is 24.4. The van der Waals surface area contributed by atoms with Gasteiger partial charge in [-0.3, -0.25) is 4.79 Å². The van der Waals surface area contributed by atoms with Gasteiger partial charge in [0.2, 0.25) is 5.91 Å². The highest BCUT2D eigenvalue weighted by Crippen LogP contribution is 2.29. The van der Waals surface area contributed by atoms with Crippen LogP contribution in [0, 0.1) is 18.8 Å². The molecule has 0 saturated carbocycles. The maximum absolute atomic E-state index is 12.1. The van der Waals surface area contributed by atoms with Crippen molar-refractivity contribution in [3.05, 3.63) is 28.8 Å². The highest BCUT2D eigenvalue weighted by atomic mass is 35.5. The molecule has 1 aromatic rings. The molecule has 154 valence electrons. The van der Waals surface area contributed by atoms with Crippen LogP contribution in [0.4, 0.5) is 5.69 Å². The topological polar surface area (TPSA) is 44.4 Å². The van der Waals surface area contributed by atoms with Gasteiger partial charge in [-0.25, -0.2) is 0 Å². The molecule has 0 aromatic heterocycles. The number of nitrogens with one attached hydrogen (secondary N) is 2. The summed E-state index contributed by atoms with van der Waals surface area (Å²) in [7, 11) is 0. The largest absolute Gasteiger partial charge is 0.371 e. The Hall–Kier alpha value is -0.680. The summed E-state index contributed by atoms with van der Waals surface area (Å²) in [4.78, 5) is 14.5. The number of carbonyl (C=O) groups excluding carboxylic acids is 1. The van der Waals surface area contributed by atoms with E-state index in [2.05, 4.69) is 34.6 Å². The van der Waals surface area contributed by atoms with Crippen LogP contribution in [0.25, 0.3) is 0 Å². The number of rotatable bonds is 6. The predicted molar refractivity (Wildman–Crippen MR) is 119 cm³/mol. The molecule has 0 spiro atoms. The molecule has 1 amide bonds. The molecular weight excluding hydrogens is 405 g/mol. The molecule has 7 heteroatoms. The van der Waals surface area contributed by atoms with Crippen LogP contribution in [0.2, 0.25) is 5.02 Å². The van der Waals surface area contributed by atoms with Crippen molar-refractivity contribution in [2.45, 2.75) is 39.0 Å². The molecular formula is C20H32Cl3N3O. The number of piperidine rings is 1. The highest BCUT2D eigenvalue weighted by molar-refractivity contribution is 6.30. The molecule has 1 unspecified atom stereocenters. The monoisotopic (exact) mass is 435 g/mol. The second kappa shape index (κ2) is 12.0. The molecule has 4 nitrogen and oxygen atoms in total. The molecule has 2 aliphatic heterocycles. The maximum atomic E-state index is 12.1. The number of hydrogen-bond donors (Lipinski definition) is 2. The Morgan fingerprint density at radius 3 is 2.70 bits per heavy atom. The normalized spacial score (nSPS) is 19.9. The fourth-order valence-electron chi connectivity index (χ4n) is 3.99. The van der Waals surface area contributed by atoms with Crippen LogP contribution in [-0.4, -0.2) is 38.6 Å². The van der Waals surface area contributed by atoms with E-state index in [9.17, 15) is 4.79 Å². The average molecular weight is 437 g/mol. The van der Waals surface area contributed by atoms with Crippen LogP contribution in [0.5, 0.6) is 0 Å². The molecule has 0 aliphatic carbocycles. The Morgan fingerprint density at radius 1 is 1.22 bits per heavy atom. The predicted octanol–water partition coefficient (Wildman–Crippen LogP) is 4.21. The molecule has 2 N–H and O–H groups in total. The van der Waals surface area contributed by atoms with Crippen LogP contribution in [-0.2, 0) is 4.79 Å². The van der Waals surface area contributed by atoms with E-state index in [-0.39, 0.29) is 30.7 Å². The summed E-state index contributed by atoms with van der Waals surface area (Å²) in [5.41, 5.74) is 2.49. The quantitative estimate of drug-likeness (QED) is 0.702. The van der Waals surface area contributed by atoms with Gasteiger partial charge in [0.1, 0.15) is 0 Å². The molecule has 0 bridgehead atoms. The minimum Gasteiger partial charge on any atom is -0.371 e. The van der Waals surface area contributed by atoms with Crippen molar-refractivity contribution in [2.24, 2.45) is 11.8 Å². The lowest BCUT2D eigenvalue weighted by Crippen LogP contribution is -2.32. The number of nitrogens with zero attached hydrogens (tertiary/aromatic N) is 1. The van der Waals surface area contributed by atoms with Crippen LogP contribution >= 0.6 is 36.4 Å². The minimum absolute atomic E-state index is 0. The van der Waals surface area contributed by atoms with Crippen LogP contribution in [0.1, 0.15) is 37.7 Å². The van der Waals surface area contributed by atoms with Crippen molar-refractivity contribution in [1.82, 2.24) is 10.6 Å². The first-order chi connectivity index (χ1) is 12.1. The zero-order valence-corrected chi connectivity index (χ0v) is 18.4. The third kappa shape index (κ3) is 7.34. The van der Waals surface area contributed by atoms with E-state index >= 15 is 0 Å². The summed E-state index contributed by atoms with van der Waals surface area (Å²) >= 11 is 6.15. The fraction of sp³-hybridized carbons (Fsp3) is 0.650. The first-order valence-electron chi connectivity index (χ1n) is 9.60. The number of benzene rings is 1. The second-order valence-corrected chi connectivity index (χ2v) is 8.00. The molecule has 2 aliphatic rings. The zero-order chi connectivity index (χ0) is 17.6. The lowest BCUT2D eigenvalue weighted by molar-refractivity contribution is -0.121. The van der Waals surface area contributed by atoms with Gasteiger partial charge in [-0.2, -0.15) is 0 Å². The Kier molecular flexibility index (Phi) is 10.8. The lowest BCUT2D eigenvalue weighted by atomic mass is 9.93. The molecule has 1 atom stereocenters. The Labute approximate surface area is 180 Å². The number of aryl methyl sites for hydroxylation is 1. The molecule has 2 heterocycles. The number of halogens is 3. The lowest BCUT2D eigenvalue weighted by Gasteiger charge is -2.22. The van der Waals surface area contributed by atoms with Crippen LogP contribution < -0.4 is 15.5 Å². The van der Waals surface area contributed by atoms with Gasteiger partial charge < -0.3 is 15.5 Å². The van der Waals surface area contributed by atoms with Gasteiger partial charge in [-0.1, -0.05) is 17.7 Å². The van der Waals surface area contributed by atoms with Gasteiger partial charge in [-0.15, -0.1) is 24.8 Å². The van der Waals surface area contributed by atoms with E-state index in [0.717, 1.165) is 56.5 Å². The smallest absolute Gasteiger partial charge is 0.220 e. The zero-order valence-electron chi connectivity index (χ0n) is 16.0. The Balaban J connectivity index is 0.00000182. The molecule has 27 heavy (non-hydrogen) atoms. The number of carbonyl (C=O) groups is 1. The Morgan fingerprint density at radius 2 is 1.96 bits per heavy atom. The van der Waals surface area contributed by atoms with Crippen molar-refractivity contribution >= 4 is 48.0 Å². The molecule has 2 fully saturated rings. The summed E-state index contributed by atoms with van der Waals surface area (Å²) in [5, 5.41) is 7.32. The van der Waals surface area contributed by atoms with E-state index in [1.165, 1.54) is 24.1 Å². The summed E-state index contributed by atoms with van der Waals surface area (Å²) in [6.45, 7) is 7.16. The van der Waals surface area contributed by atoms with E-state index in [1.54, 1.807) is 0 Å². The molecule has 0 radical (unpaired) electrons. The number of hydrogen-bond acceptors (Lipinski definition) is 3. The third-order valence-corrected chi connectivity index (χ3v) is 5.86. The van der Waals surface area contributed by atoms with Crippen molar-refractivity contribution < 1.29 is 4.79 Å². The van der Waals surface area contributed by atoms with Crippen molar-refractivity contribution in [3.8, 4) is 0 Å². The van der Waals surface area contributed by atoms with Crippen LogP contribution in [0.3, 0.4) is 0 Å². The first-order valence-corrected chi connectivity index (χ1v) is 9.98. The Bertz CT molecular complexity index is 594. The fourth-order valence-corrected chi connectivity index (χ4v) is 4.16. The summed E-state index contributed by atoms with van der Waals surface area (Å²) in [5.74, 6) is 1.47. The molecule has 2 saturated heterocycles. The third-order valence-electron chi connectivity index (χ3n) is 5.62. The average Bonchev–Trinajstić information content (AvgIpc) is 3.10. The van der Waals surface area contributed by atoms with Crippen molar-refractivity contribution in [2.75, 3.05) is 37.6 Å². The molecule has 1 aromatic carbocycles. The van der Waals surface area contributed by atoms with E-state index in [4.69, 9.17) is 11.6 Å².